The molecule has 1 aromatic carbocycles. The van der Waals surface area contributed by atoms with E-state index in [1.165, 1.54) is 0 Å². The average Bonchev–Trinajstić information content (AvgIpc) is 2.91. The van der Waals surface area contributed by atoms with E-state index in [9.17, 15) is 4.79 Å². The van der Waals surface area contributed by atoms with Crippen LogP contribution in [0.15, 0.2) is 52.3 Å². The number of rotatable bonds is 5. The van der Waals surface area contributed by atoms with E-state index in [2.05, 4.69) is 10.5 Å². The standard InChI is InChI=1S/C13H12N2O2S/c16-13(9-17-12-4-2-1-3-5-12)15-14-8-11-6-7-18-10-11/h1-8,10H,9H2,(H,15,16). The molecule has 18 heavy (non-hydrogen) atoms. The number of hydrogen-bond donors (Lipinski definition) is 1. The summed E-state index contributed by atoms with van der Waals surface area (Å²) in [6.07, 6.45) is 1.59. The zero-order chi connectivity index (χ0) is 12.6. The number of benzene rings is 1. The maximum Gasteiger partial charge on any atom is 0.277 e. The van der Waals surface area contributed by atoms with Gasteiger partial charge in [-0.25, -0.2) is 5.43 Å². The second-order valence-electron chi connectivity index (χ2n) is 3.45. The quantitative estimate of drug-likeness (QED) is 0.662. The SMILES string of the molecule is O=C(COc1ccccc1)NN=Cc1ccsc1. The monoisotopic (exact) mass is 260 g/mol. The van der Waals surface area contributed by atoms with E-state index in [0.717, 1.165) is 5.56 Å². The predicted octanol–water partition coefficient (Wildman–Crippen LogP) is 2.28. The number of hydrazone groups is 1. The van der Waals surface area contributed by atoms with Crippen molar-refractivity contribution < 1.29 is 9.53 Å². The summed E-state index contributed by atoms with van der Waals surface area (Å²) in [5.41, 5.74) is 3.36. The van der Waals surface area contributed by atoms with Gasteiger partial charge in [0.15, 0.2) is 6.61 Å². The van der Waals surface area contributed by atoms with Crippen LogP contribution in [-0.2, 0) is 4.79 Å². The first kappa shape index (κ1) is 12.3. The highest BCUT2D eigenvalue weighted by Crippen LogP contribution is 2.07. The number of carbonyl (C=O) groups excluding carboxylic acids is 1. The first-order chi connectivity index (χ1) is 8.84. The fraction of sp³-hybridized carbons (Fsp3) is 0.0769. The predicted molar refractivity (Wildman–Crippen MR) is 72.0 cm³/mol. The lowest BCUT2D eigenvalue weighted by molar-refractivity contribution is -0.123. The van der Waals surface area contributed by atoms with Crippen molar-refractivity contribution in [3.05, 3.63) is 52.7 Å². The molecule has 0 radical (unpaired) electrons. The number of ether oxygens (including phenoxy) is 1. The Morgan fingerprint density at radius 3 is 2.89 bits per heavy atom. The summed E-state index contributed by atoms with van der Waals surface area (Å²) in [4.78, 5) is 11.4. The van der Waals surface area contributed by atoms with Crippen LogP contribution in [-0.4, -0.2) is 18.7 Å². The molecule has 1 N–H and O–H groups in total. The lowest BCUT2D eigenvalue weighted by Gasteiger charge is -2.03. The summed E-state index contributed by atoms with van der Waals surface area (Å²) >= 11 is 1.58. The molecule has 0 spiro atoms. The maximum atomic E-state index is 11.4. The zero-order valence-electron chi connectivity index (χ0n) is 9.58. The summed E-state index contributed by atoms with van der Waals surface area (Å²) in [5, 5.41) is 7.71. The van der Waals surface area contributed by atoms with Crippen molar-refractivity contribution in [1.29, 1.82) is 0 Å². The van der Waals surface area contributed by atoms with Gasteiger partial charge in [0.05, 0.1) is 6.21 Å². The van der Waals surface area contributed by atoms with Gasteiger partial charge in [-0.05, 0) is 29.0 Å². The molecule has 0 saturated heterocycles. The maximum absolute atomic E-state index is 11.4. The normalized spacial score (nSPS) is 10.4. The van der Waals surface area contributed by atoms with Crippen molar-refractivity contribution in [2.75, 3.05) is 6.61 Å². The Balaban J connectivity index is 1.73. The molecule has 1 amide bonds. The number of amides is 1. The Morgan fingerprint density at radius 1 is 1.33 bits per heavy atom. The summed E-state index contributed by atoms with van der Waals surface area (Å²) in [7, 11) is 0. The molecule has 0 aliphatic heterocycles. The third-order valence-electron chi connectivity index (χ3n) is 2.06. The number of nitrogens with one attached hydrogen (secondary N) is 1. The topological polar surface area (TPSA) is 50.7 Å². The molecule has 2 rings (SSSR count). The molecular formula is C13H12N2O2S. The van der Waals surface area contributed by atoms with Crippen molar-refractivity contribution in [3.8, 4) is 5.75 Å². The molecule has 1 heterocycles. The van der Waals surface area contributed by atoms with Gasteiger partial charge in [-0.15, -0.1) is 0 Å². The Morgan fingerprint density at radius 2 is 2.17 bits per heavy atom. The van der Waals surface area contributed by atoms with E-state index in [-0.39, 0.29) is 12.5 Å². The van der Waals surface area contributed by atoms with E-state index in [1.54, 1.807) is 29.7 Å². The Hall–Kier alpha value is -2.14. The number of hydrogen-bond acceptors (Lipinski definition) is 4. The highest BCUT2D eigenvalue weighted by molar-refractivity contribution is 7.08. The van der Waals surface area contributed by atoms with Crippen LogP contribution in [0.4, 0.5) is 0 Å². The summed E-state index contributed by atoms with van der Waals surface area (Å²) in [6.45, 7) is -0.0506. The van der Waals surface area contributed by atoms with Crippen LogP contribution < -0.4 is 10.2 Å². The number of para-hydroxylation sites is 1. The molecule has 92 valence electrons. The average molecular weight is 260 g/mol. The molecule has 4 nitrogen and oxygen atoms in total. The number of thiophene rings is 1. The molecule has 0 aliphatic rings. The van der Waals surface area contributed by atoms with Crippen LogP contribution in [0.5, 0.6) is 5.75 Å². The van der Waals surface area contributed by atoms with Gasteiger partial charge in [0.25, 0.3) is 5.91 Å². The van der Waals surface area contributed by atoms with Gasteiger partial charge >= 0.3 is 0 Å². The second kappa shape index (κ2) is 6.56. The van der Waals surface area contributed by atoms with Crippen molar-refractivity contribution in [3.63, 3.8) is 0 Å². The molecule has 0 fully saturated rings. The zero-order valence-corrected chi connectivity index (χ0v) is 10.4. The van der Waals surface area contributed by atoms with Crippen molar-refractivity contribution in [2.45, 2.75) is 0 Å². The fourth-order valence-corrected chi connectivity index (χ4v) is 1.84. The molecule has 0 aliphatic carbocycles. The largest absolute Gasteiger partial charge is 0.484 e. The molecule has 0 atom stereocenters. The van der Waals surface area contributed by atoms with Crippen LogP contribution in [0, 0.1) is 0 Å². The van der Waals surface area contributed by atoms with E-state index in [1.807, 2.05) is 35.0 Å². The van der Waals surface area contributed by atoms with Gasteiger partial charge in [-0.2, -0.15) is 16.4 Å². The van der Waals surface area contributed by atoms with Crippen molar-refractivity contribution in [1.82, 2.24) is 5.43 Å². The minimum absolute atomic E-state index is 0.0506. The fourth-order valence-electron chi connectivity index (χ4n) is 1.23. The summed E-state index contributed by atoms with van der Waals surface area (Å²) in [6, 6.07) is 11.1. The highest BCUT2D eigenvalue weighted by atomic mass is 32.1. The van der Waals surface area contributed by atoms with Crippen molar-refractivity contribution in [2.24, 2.45) is 5.10 Å². The Labute approximate surface area is 109 Å². The van der Waals surface area contributed by atoms with Gasteiger partial charge in [0.1, 0.15) is 5.75 Å². The molecule has 0 unspecified atom stereocenters. The van der Waals surface area contributed by atoms with E-state index in [4.69, 9.17) is 4.74 Å². The van der Waals surface area contributed by atoms with Gasteiger partial charge in [-0.1, -0.05) is 18.2 Å². The number of carbonyl (C=O) groups is 1. The minimum Gasteiger partial charge on any atom is -0.484 e. The van der Waals surface area contributed by atoms with E-state index >= 15 is 0 Å². The molecule has 5 heteroatoms. The van der Waals surface area contributed by atoms with Crippen molar-refractivity contribution >= 4 is 23.5 Å². The third-order valence-corrected chi connectivity index (χ3v) is 2.76. The number of nitrogens with zero attached hydrogens (tertiary/aromatic N) is 1. The molecule has 1 aromatic heterocycles. The van der Waals surface area contributed by atoms with Gasteiger partial charge in [0, 0.05) is 5.56 Å². The van der Waals surface area contributed by atoms with Crippen LogP contribution >= 0.6 is 11.3 Å². The molecule has 0 bridgehead atoms. The first-order valence-corrected chi connectivity index (χ1v) is 6.31. The van der Waals surface area contributed by atoms with Gasteiger partial charge in [-0.3, -0.25) is 4.79 Å². The lowest BCUT2D eigenvalue weighted by Crippen LogP contribution is -2.24. The molecule has 2 aromatic rings. The smallest absolute Gasteiger partial charge is 0.277 e. The summed E-state index contributed by atoms with van der Waals surface area (Å²) < 4.78 is 5.27. The minimum atomic E-state index is -0.287. The van der Waals surface area contributed by atoms with Crippen LogP contribution in [0.1, 0.15) is 5.56 Å². The Bertz CT molecular complexity index is 509. The first-order valence-electron chi connectivity index (χ1n) is 5.36. The Kier molecular flexibility index (Phi) is 4.49. The molecular weight excluding hydrogens is 248 g/mol. The van der Waals surface area contributed by atoms with E-state index < -0.39 is 0 Å². The van der Waals surface area contributed by atoms with Gasteiger partial charge < -0.3 is 4.74 Å². The third kappa shape index (κ3) is 4.03. The highest BCUT2D eigenvalue weighted by Gasteiger charge is 2.00. The summed E-state index contributed by atoms with van der Waals surface area (Å²) in [5.74, 6) is 0.375. The van der Waals surface area contributed by atoms with E-state index in [0.29, 0.717) is 5.75 Å². The second-order valence-corrected chi connectivity index (χ2v) is 4.23. The van der Waals surface area contributed by atoms with Gasteiger partial charge in [0.2, 0.25) is 0 Å². The molecule has 0 saturated carbocycles. The van der Waals surface area contributed by atoms with Crippen LogP contribution in [0.2, 0.25) is 0 Å². The van der Waals surface area contributed by atoms with Crippen LogP contribution in [0.25, 0.3) is 0 Å². The van der Waals surface area contributed by atoms with Crippen LogP contribution in [0.3, 0.4) is 0 Å². The lowest BCUT2D eigenvalue weighted by atomic mass is 10.3.